The number of rotatable bonds is 4. The molecule has 8 heteroatoms. The number of aromatic amines is 1. The minimum atomic E-state index is -3.54. The number of anilines is 1. The average Bonchev–Trinajstić information content (AvgIpc) is 2.63. The number of aromatic nitrogens is 1. The highest BCUT2D eigenvalue weighted by molar-refractivity contribution is 7.89. The summed E-state index contributed by atoms with van der Waals surface area (Å²) in [6, 6.07) is 12.7. The molecule has 7 nitrogen and oxygen atoms in total. The number of hydrogen-bond donors (Lipinski definition) is 2. The van der Waals surface area contributed by atoms with Crippen LogP contribution in [0.3, 0.4) is 0 Å². The van der Waals surface area contributed by atoms with Crippen LogP contribution in [0, 0.1) is 6.92 Å². The van der Waals surface area contributed by atoms with E-state index in [-0.39, 0.29) is 16.4 Å². The fourth-order valence-electron chi connectivity index (χ4n) is 2.58. The van der Waals surface area contributed by atoms with E-state index in [9.17, 15) is 18.0 Å². The molecule has 0 aliphatic rings. The lowest BCUT2D eigenvalue weighted by molar-refractivity contribution is 0.102. The van der Waals surface area contributed by atoms with Crippen molar-refractivity contribution in [2.75, 3.05) is 19.4 Å². The standard InChI is InChI=1S/C19H19N3O4S/c1-12-10-14-4-7-15(11-17(14)21-18(12)23)20-19(24)13-5-8-16(9-6-13)27(25,26)22(2)3/h4-11H,1-3H3,(H,20,24)(H,21,23). The lowest BCUT2D eigenvalue weighted by atomic mass is 10.1. The Labute approximate surface area is 156 Å². The smallest absolute Gasteiger partial charge is 0.255 e. The fourth-order valence-corrected chi connectivity index (χ4v) is 3.48. The minimum Gasteiger partial charge on any atom is -0.322 e. The Kier molecular flexibility index (Phi) is 4.86. The summed E-state index contributed by atoms with van der Waals surface area (Å²) in [5.74, 6) is -0.377. The van der Waals surface area contributed by atoms with Gasteiger partial charge in [0.15, 0.2) is 0 Å². The van der Waals surface area contributed by atoms with Crippen LogP contribution in [-0.2, 0) is 10.0 Å². The van der Waals surface area contributed by atoms with Crippen LogP contribution in [0.5, 0.6) is 0 Å². The van der Waals surface area contributed by atoms with E-state index in [4.69, 9.17) is 0 Å². The molecular weight excluding hydrogens is 366 g/mol. The van der Waals surface area contributed by atoms with Gasteiger partial charge in [0.05, 0.1) is 10.4 Å². The average molecular weight is 385 g/mol. The quantitative estimate of drug-likeness (QED) is 0.720. The van der Waals surface area contributed by atoms with Gasteiger partial charge < -0.3 is 10.3 Å². The second-order valence-corrected chi connectivity index (χ2v) is 8.50. The van der Waals surface area contributed by atoms with Crippen molar-refractivity contribution in [1.29, 1.82) is 0 Å². The number of pyridine rings is 1. The van der Waals surface area contributed by atoms with Gasteiger partial charge in [0.2, 0.25) is 10.0 Å². The molecular formula is C19H19N3O4S. The third-order valence-corrected chi connectivity index (χ3v) is 6.01. The zero-order chi connectivity index (χ0) is 19.8. The van der Waals surface area contributed by atoms with E-state index in [0.717, 1.165) is 9.69 Å². The van der Waals surface area contributed by atoms with Gasteiger partial charge in [-0.3, -0.25) is 9.59 Å². The fraction of sp³-hybridized carbons (Fsp3) is 0.158. The molecule has 0 saturated carbocycles. The van der Waals surface area contributed by atoms with Crippen molar-refractivity contribution < 1.29 is 13.2 Å². The first-order valence-corrected chi connectivity index (χ1v) is 9.60. The van der Waals surface area contributed by atoms with Gasteiger partial charge in [-0.2, -0.15) is 0 Å². The Hall–Kier alpha value is -2.97. The van der Waals surface area contributed by atoms with Gasteiger partial charge in [-0.25, -0.2) is 12.7 Å². The Morgan fingerprint density at radius 2 is 1.70 bits per heavy atom. The zero-order valence-electron chi connectivity index (χ0n) is 15.1. The molecule has 3 aromatic rings. The highest BCUT2D eigenvalue weighted by Crippen LogP contribution is 2.19. The number of carbonyl (C=O) groups excluding carboxylic acids is 1. The van der Waals surface area contributed by atoms with Gasteiger partial charge in [-0.05, 0) is 54.8 Å². The largest absolute Gasteiger partial charge is 0.322 e. The molecule has 1 heterocycles. The molecule has 0 bridgehead atoms. The van der Waals surface area contributed by atoms with Crippen LogP contribution in [0.25, 0.3) is 10.9 Å². The maximum Gasteiger partial charge on any atom is 0.255 e. The van der Waals surface area contributed by atoms with Crippen molar-refractivity contribution >= 4 is 32.5 Å². The SMILES string of the molecule is Cc1cc2ccc(NC(=O)c3ccc(S(=O)(=O)N(C)C)cc3)cc2[nH]c1=O. The van der Waals surface area contributed by atoms with Crippen LogP contribution < -0.4 is 10.9 Å². The van der Waals surface area contributed by atoms with E-state index >= 15 is 0 Å². The van der Waals surface area contributed by atoms with Crippen LogP contribution >= 0.6 is 0 Å². The van der Waals surface area contributed by atoms with Crippen molar-refractivity contribution in [3.63, 3.8) is 0 Å². The highest BCUT2D eigenvalue weighted by atomic mass is 32.2. The van der Waals surface area contributed by atoms with Gasteiger partial charge in [0, 0.05) is 30.9 Å². The minimum absolute atomic E-state index is 0.114. The number of fused-ring (bicyclic) bond motifs is 1. The number of sulfonamides is 1. The molecule has 0 saturated heterocycles. The molecule has 0 unspecified atom stereocenters. The molecule has 3 rings (SSSR count). The van der Waals surface area contributed by atoms with Crippen molar-refractivity contribution in [3.8, 4) is 0 Å². The third-order valence-electron chi connectivity index (χ3n) is 4.18. The van der Waals surface area contributed by atoms with Crippen molar-refractivity contribution in [1.82, 2.24) is 9.29 Å². The molecule has 1 amide bonds. The van der Waals surface area contributed by atoms with Crippen LogP contribution in [-0.4, -0.2) is 37.7 Å². The highest BCUT2D eigenvalue weighted by Gasteiger charge is 2.17. The number of carbonyl (C=O) groups is 1. The van der Waals surface area contributed by atoms with E-state index in [2.05, 4.69) is 10.3 Å². The Morgan fingerprint density at radius 3 is 2.33 bits per heavy atom. The number of benzene rings is 2. The number of nitrogens with one attached hydrogen (secondary N) is 2. The van der Waals surface area contributed by atoms with Crippen LogP contribution in [0.2, 0.25) is 0 Å². The maximum absolute atomic E-state index is 12.4. The molecule has 0 aliphatic heterocycles. The molecule has 140 valence electrons. The molecule has 27 heavy (non-hydrogen) atoms. The van der Waals surface area contributed by atoms with E-state index in [1.807, 2.05) is 0 Å². The molecule has 0 radical (unpaired) electrons. The number of aryl methyl sites for hydroxylation is 1. The second-order valence-electron chi connectivity index (χ2n) is 6.35. The summed E-state index contributed by atoms with van der Waals surface area (Å²) in [4.78, 5) is 27.1. The Bertz CT molecular complexity index is 1180. The first-order chi connectivity index (χ1) is 12.7. The van der Waals surface area contributed by atoms with Gasteiger partial charge in [-0.15, -0.1) is 0 Å². The van der Waals surface area contributed by atoms with Crippen LogP contribution in [0.1, 0.15) is 15.9 Å². The van der Waals surface area contributed by atoms with Gasteiger partial charge in [-0.1, -0.05) is 6.07 Å². The molecule has 0 fully saturated rings. The summed E-state index contributed by atoms with van der Waals surface area (Å²) in [6.45, 7) is 1.73. The van der Waals surface area contributed by atoms with Crippen molar-refractivity contribution in [2.45, 2.75) is 11.8 Å². The molecule has 0 spiro atoms. The number of hydrogen-bond acceptors (Lipinski definition) is 4. The lowest BCUT2D eigenvalue weighted by Gasteiger charge is -2.12. The first-order valence-electron chi connectivity index (χ1n) is 8.16. The summed E-state index contributed by atoms with van der Waals surface area (Å²) < 4.78 is 25.3. The van der Waals surface area contributed by atoms with E-state index in [1.165, 1.54) is 38.4 Å². The number of amides is 1. The number of H-pyrrole nitrogens is 1. The molecule has 1 aromatic heterocycles. The first kappa shape index (κ1) is 18.8. The molecule has 2 aromatic carbocycles. The summed E-state index contributed by atoms with van der Waals surface area (Å²) in [5.41, 5.74) is 1.91. The van der Waals surface area contributed by atoms with Gasteiger partial charge in [0.1, 0.15) is 0 Å². The summed E-state index contributed by atoms with van der Waals surface area (Å²) in [5, 5.41) is 3.61. The van der Waals surface area contributed by atoms with E-state index in [0.29, 0.717) is 22.3 Å². The third kappa shape index (κ3) is 3.76. The molecule has 2 N–H and O–H groups in total. The normalized spacial score (nSPS) is 11.7. The zero-order valence-corrected chi connectivity index (χ0v) is 15.9. The Morgan fingerprint density at radius 1 is 1.04 bits per heavy atom. The lowest BCUT2D eigenvalue weighted by Crippen LogP contribution is -2.22. The van der Waals surface area contributed by atoms with Gasteiger partial charge in [0.25, 0.3) is 11.5 Å². The second kappa shape index (κ2) is 6.98. The predicted octanol–water partition coefficient (Wildman–Crippen LogP) is 2.34. The van der Waals surface area contributed by atoms with E-state index in [1.54, 1.807) is 31.2 Å². The van der Waals surface area contributed by atoms with Crippen LogP contribution in [0.15, 0.2) is 58.2 Å². The summed E-state index contributed by atoms with van der Waals surface area (Å²) in [6.07, 6.45) is 0. The summed E-state index contributed by atoms with van der Waals surface area (Å²) in [7, 11) is -0.650. The van der Waals surface area contributed by atoms with E-state index < -0.39 is 10.0 Å². The Balaban J connectivity index is 1.84. The predicted molar refractivity (Wildman–Crippen MR) is 105 cm³/mol. The monoisotopic (exact) mass is 385 g/mol. The maximum atomic E-state index is 12.4. The van der Waals surface area contributed by atoms with Crippen molar-refractivity contribution in [2.24, 2.45) is 0 Å². The molecule has 0 aliphatic carbocycles. The summed E-state index contributed by atoms with van der Waals surface area (Å²) >= 11 is 0. The van der Waals surface area contributed by atoms with Crippen LogP contribution in [0.4, 0.5) is 5.69 Å². The van der Waals surface area contributed by atoms with Gasteiger partial charge >= 0.3 is 0 Å². The van der Waals surface area contributed by atoms with Crippen molar-refractivity contribution in [3.05, 3.63) is 70.0 Å². The topological polar surface area (TPSA) is 99.3 Å². The number of nitrogens with zero attached hydrogens (tertiary/aromatic N) is 1. The molecule has 0 atom stereocenters.